The van der Waals surface area contributed by atoms with Crippen LogP contribution in [0.4, 0.5) is 0 Å². The second kappa shape index (κ2) is 7.56. The molecule has 0 heterocycles. The van der Waals surface area contributed by atoms with Crippen LogP contribution in [-0.2, 0) is 4.79 Å². The van der Waals surface area contributed by atoms with Crippen LogP contribution in [0.1, 0.15) is 39.5 Å². The molecule has 0 fully saturated rings. The first-order valence-electron chi connectivity index (χ1n) is 5.22. The first-order chi connectivity index (χ1) is 6.57. The van der Waals surface area contributed by atoms with Crippen LogP contribution >= 0.6 is 0 Å². The lowest BCUT2D eigenvalue weighted by Gasteiger charge is -2.12. The van der Waals surface area contributed by atoms with Gasteiger partial charge in [-0.15, -0.1) is 0 Å². The summed E-state index contributed by atoms with van der Waals surface area (Å²) in [7, 11) is 0. The summed E-state index contributed by atoms with van der Waals surface area (Å²) in [6, 6.07) is 0.469. The Kier molecular flexibility index (Phi) is 7.11. The van der Waals surface area contributed by atoms with E-state index < -0.39 is 5.97 Å². The molecule has 0 radical (unpaired) electrons. The zero-order chi connectivity index (χ0) is 11.0. The Bertz CT molecular complexity index is 190. The van der Waals surface area contributed by atoms with Crippen LogP contribution in [0.5, 0.6) is 0 Å². The SMILES string of the molecule is C=C(CCNC(C)CCCC)C(=O)O. The van der Waals surface area contributed by atoms with Gasteiger partial charge in [-0.2, -0.15) is 0 Å². The number of hydrogen-bond donors (Lipinski definition) is 2. The van der Waals surface area contributed by atoms with Crippen molar-refractivity contribution in [3.05, 3.63) is 12.2 Å². The van der Waals surface area contributed by atoms with E-state index >= 15 is 0 Å². The maximum Gasteiger partial charge on any atom is 0.330 e. The summed E-state index contributed by atoms with van der Waals surface area (Å²) in [6.45, 7) is 8.47. The molecule has 0 aliphatic rings. The lowest BCUT2D eigenvalue weighted by Crippen LogP contribution is -2.27. The summed E-state index contributed by atoms with van der Waals surface area (Å²) in [6.07, 6.45) is 4.09. The molecule has 0 aliphatic heterocycles. The van der Waals surface area contributed by atoms with E-state index in [1.54, 1.807) is 0 Å². The van der Waals surface area contributed by atoms with Gasteiger partial charge in [0.05, 0.1) is 0 Å². The Morgan fingerprint density at radius 1 is 1.57 bits per heavy atom. The minimum atomic E-state index is -0.895. The fourth-order valence-corrected chi connectivity index (χ4v) is 1.19. The quantitative estimate of drug-likeness (QED) is 0.589. The van der Waals surface area contributed by atoms with Crippen LogP contribution < -0.4 is 5.32 Å². The Morgan fingerprint density at radius 3 is 2.71 bits per heavy atom. The molecular weight excluding hydrogens is 178 g/mol. The van der Waals surface area contributed by atoms with Crippen LogP contribution in [0.15, 0.2) is 12.2 Å². The monoisotopic (exact) mass is 199 g/mol. The van der Waals surface area contributed by atoms with Gasteiger partial charge in [0.1, 0.15) is 0 Å². The minimum Gasteiger partial charge on any atom is -0.478 e. The van der Waals surface area contributed by atoms with Gasteiger partial charge in [0.15, 0.2) is 0 Å². The molecule has 0 rings (SSSR count). The molecule has 3 nitrogen and oxygen atoms in total. The van der Waals surface area contributed by atoms with Crippen molar-refractivity contribution in [3.63, 3.8) is 0 Å². The Balaban J connectivity index is 3.44. The molecule has 3 heteroatoms. The van der Waals surface area contributed by atoms with E-state index in [1.165, 1.54) is 12.8 Å². The van der Waals surface area contributed by atoms with Crippen molar-refractivity contribution in [1.82, 2.24) is 5.32 Å². The zero-order valence-corrected chi connectivity index (χ0v) is 9.18. The second-order valence-corrected chi connectivity index (χ2v) is 3.66. The van der Waals surface area contributed by atoms with Crippen molar-refractivity contribution in [1.29, 1.82) is 0 Å². The Hall–Kier alpha value is -0.830. The van der Waals surface area contributed by atoms with Gasteiger partial charge in [-0.25, -0.2) is 4.79 Å². The molecule has 0 aromatic rings. The summed E-state index contributed by atoms with van der Waals surface area (Å²) < 4.78 is 0. The van der Waals surface area contributed by atoms with Gasteiger partial charge < -0.3 is 10.4 Å². The number of unbranched alkanes of at least 4 members (excludes halogenated alkanes) is 1. The summed E-state index contributed by atoms with van der Waals surface area (Å²) >= 11 is 0. The smallest absolute Gasteiger partial charge is 0.330 e. The molecule has 0 bridgehead atoms. The first-order valence-corrected chi connectivity index (χ1v) is 5.22. The average molecular weight is 199 g/mol. The van der Waals surface area contributed by atoms with E-state index in [1.807, 2.05) is 0 Å². The topological polar surface area (TPSA) is 49.3 Å². The van der Waals surface area contributed by atoms with Crippen molar-refractivity contribution in [3.8, 4) is 0 Å². The molecule has 1 atom stereocenters. The highest BCUT2D eigenvalue weighted by molar-refractivity contribution is 5.85. The average Bonchev–Trinajstić information content (AvgIpc) is 2.14. The maximum absolute atomic E-state index is 10.4. The number of hydrogen-bond acceptors (Lipinski definition) is 2. The van der Waals surface area contributed by atoms with Gasteiger partial charge in [-0.3, -0.25) is 0 Å². The molecule has 14 heavy (non-hydrogen) atoms. The van der Waals surface area contributed by atoms with Crippen molar-refractivity contribution in [2.75, 3.05) is 6.54 Å². The van der Waals surface area contributed by atoms with Gasteiger partial charge in [-0.05, 0) is 26.3 Å². The van der Waals surface area contributed by atoms with Crippen molar-refractivity contribution in [2.24, 2.45) is 0 Å². The van der Waals surface area contributed by atoms with Crippen molar-refractivity contribution in [2.45, 2.75) is 45.6 Å². The summed E-state index contributed by atoms with van der Waals surface area (Å²) in [5.74, 6) is -0.895. The van der Waals surface area contributed by atoms with Gasteiger partial charge in [0, 0.05) is 11.6 Å². The van der Waals surface area contributed by atoms with E-state index in [-0.39, 0.29) is 5.57 Å². The van der Waals surface area contributed by atoms with Crippen LogP contribution in [0.2, 0.25) is 0 Å². The van der Waals surface area contributed by atoms with E-state index in [2.05, 4.69) is 25.7 Å². The Morgan fingerprint density at radius 2 is 2.21 bits per heavy atom. The summed E-state index contributed by atoms with van der Waals surface area (Å²) in [5.41, 5.74) is 0.278. The normalized spacial score (nSPS) is 12.4. The molecule has 0 aromatic carbocycles. The number of rotatable bonds is 8. The van der Waals surface area contributed by atoms with Gasteiger partial charge in [0.2, 0.25) is 0 Å². The molecule has 2 N–H and O–H groups in total. The third-order valence-corrected chi connectivity index (χ3v) is 2.21. The van der Waals surface area contributed by atoms with E-state index in [0.717, 1.165) is 6.42 Å². The molecule has 82 valence electrons. The van der Waals surface area contributed by atoms with Crippen molar-refractivity contribution < 1.29 is 9.90 Å². The lowest BCUT2D eigenvalue weighted by atomic mass is 10.1. The molecule has 0 saturated heterocycles. The third kappa shape index (κ3) is 6.66. The third-order valence-electron chi connectivity index (χ3n) is 2.21. The molecule has 0 spiro atoms. The second-order valence-electron chi connectivity index (χ2n) is 3.66. The highest BCUT2D eigenvalue weighted by Gasteiger charge is 2.04. The fraction of sp³-hybridized carbons (Fsp3) is 0.727. The number of aliphatic carboxylic acids is 1. The largest absolute Gasteiger partial charge is 0.478 e. The standard InChI is InChI=1S/C11H21NO2/c1-4-5-6-10(3)12-8-7-9(2)11(13)14/h10,12H,2,4-8H2,1,3H3,(H,13,14). The Labute approximate surface area is 86.2 Å². The molecule has 1 unspecified atom stereocenters. The van der Waals surface area contributed by atoms with Crippen LogP contribution in [0.25, 0.3) is 0 Å². The minimum absolute atomic E-state index is 0.278. The van der Waals surface area contributed by atoms with Gasteiger partial charge in [-0.1, -0.05) is 26.3 Å². The predicted octanol–water partition coefficient (Wildman–Crippen LogP) is 2.19. The van der Waals surface area contributed by atoms with Gasteiger partial charge >= 0.3 is 5.97 Å². The van der Waals surface area contributed by atoms with Crippen LogP contribution in [-0.4, -0.2) is 23.7 Å². The number of carboxylic acid groups (broad SMARTS) is 1. The molecule has 0 amide bonds. The number of nitrogens with one attached hydrogen (secondary N) is 1. The predicted molar refractivity (Wildman–Crippen MR) is 58.4 cm³/mol. The molecular formula is C11H21NO2. The molecule has 0 saturated carbocycles. The molecule has 0 aromatic heterocycles. The lowest BCUT2D eigenvalue weighted by molar-refractivity contribution is -0.132. The highest BCUT2D eigenvalue weighted by atomic mass is 16.4. The van der Waals surface area contributed by atoms with Crippen LogP contribution in [0, 0.1) is 0 Å². The van der Waals surface area contributed by atoms with E-state index in [0.29, 0.717) is 19.0 Å². The number of carbonyl (C=O) groups is 1. The maximum atomic E-state index is 10.4. The van der Waals surface area contributed by atoms with Crippen LogP contribution in [0.3, 0.4) is 0 Å². The summed E-state index contributed by atoms with van der Waals surface area (Å²) in [4.78, 5) is 10.4. The number of carboxylic acids is 1. The zero-order valence-electron chi connectivity index (χ0n) is 9.18. The van der Waals surface area contributed by atoms with E-state index in [9.17, 15) is 4.79 Å². The van der Waals surface area contributed by atoms with Gasteiger partial charge in [0.25, 0.3) is 0 Å². The highest BCUT2D eigenvalue weighted by Crippen LogP contribution is 2.01. The van der Waals surface area contributed by atoms with Crippen molar-refractivity contribution >= 4 is 5.97 Å². The fourth-order valence-electron chi connectivity index (χ4n) is 1.19. The summed E-state index contributed by atoms with van der Waals surface area (Å²) in [5, 5.41) is 11.8. The molecule has 0 aliphatic carbocycles. The first kappa shape index (κ1) is 13.2. The van der Waals surface area contributed by atoms with E-state index in [4.69, 9.17) is 5.11 Å².